The molecule has 130 valence electrons. The van der Waals surface area contributed by atoms with Crippen LogP contribution in [0.3, 0.4) is 0 Å². The van der Waals surface area contributed by atoms with Gasteiger partial charge in [0.1, 0.15) is 5.69 Å². The number of rotatable bonds is 4. The summed E-state index contributed by atoms with van der Waals surface area (Å²) < 4.78 is 5.27. The number of anilines is 3. The molecule has 0 radical (unpaired) electrons. The fourth-order valence-electron chi connectivity index (χ4n) is 2.60. The minimum absolute atomic E-state index is 0.0982. The van der Waals surface area contributed by atoms with Gasteiger partial charge in [-0.3, -0.25) is 14.6 Å². The predicted molar refractivity (Wildman–Crippen MR) is 95.0 cm³/mol. The zero-order chi connectivity index (χ0) is 17.6. The SMILES string of the molecule is CC(=O)Nc1cccc(Nc2ccnc(C(=O)N3CCOCC3)c2)c1. The van der Waals surface area contributed by atoms with Crippen molar-refractivity contribution in [2.24, 2.45) is 0 Å². The second-order valence-corrected chi connectivity index (χ2v) is 5.72. The molecule has 3 rings (SSSR count). The van der Waals surface area contributed by atoms with Gasteiger partial charge in [0.25, 0.3) is 5.91 Å². The molecule has 0 atom stereocenters. The van der Waals surface area contributed by atoms with Crippen molar-refractivity contribution in [3.8, 4) is 0 Å². The summed E-state index contributed by atoms with van der Waals surface area (Å²) in [5.74, 6) is -0.224. The second-order valence-electron chi connectivity index (χ2n) is 5.72. The van der Waals surface area contributed by atoms with Crippen molar-refractivity contribution in [2.75, 3.05) is 36.9 Å². The van der Waals surface area contributed by atoms with Crippen LogP contribution in [0.1, 0.15) is 17.4 Å². The van der Waals surface area contributed by atoms with Crippen molar-refractivity contribution >= 4 is 28.9 Å². The smallest absolute Gasteiger partial charge is 0.272 e. The van der Waals surface area contributed by atoms with Crippen LogP contribution in [0.2, 0.25) is 0 Å². The van der Waals surface area contributed by atoms with Crippen LogP contribution in [0.15, 0.2) is 42.6 Å². The number of nitrogens with one attached hydrogen (secondary N) is 2. The average molecular weight is 340 g/mol. The summed E-state index contributed by atoms with van der Waals surface area (Å²) in [6, 6.07) is 10.9. The Hall–Kier alpha value is -2.93. The first-order valence-electron chi connectivity index (χ1n) is 8.09. The van der Waals surface area contributed by atoms with E-state index in [1.807, 2.05) is 24.3 Å². The number of hydrogen-bond acceptors (Lipinski definition) is 5. The van der Waals surface area contributed by atoms with Crippen molar-refractivity contribution in [1.82, 2.24) is 9.88 Å². The van der Waals surface area contributed by atoms with Crippen LogP contribution in [0.4, 0.5) is 17.1 Å². The van der Waals surface area contributed by atoms with Gasteiger partial charge in [0.2, 0.25) is 5.91 Å². The normalized spacial score (nSPS) is 14.0. The van der Waals surface area contributed by atoms with Crippen molar-refractivity contribution in [2.45, 2.75) is 6.92 Å². The number of carbonyl (C=O) groups is 2. The maximum absolute atomic E-state index is 12.5. The van der Waals surface area contributed by atoms with Crippen molar-refractivity contribution in [3.05, 3.63) is 48.3 Å². The molecule has 1 saturated heterocycles. The molecule has 7 heteroatoms. The number of hydrogen-bond donors (Lipinski definition) is 2. The Bertz CT molecular complexity index is 772. The molecular formula is C18H20N4O3. The number of benzene rings is 1. The molecule has 0 bridgehead atoms. The fourth-order valence-corrected chi connectivity index (χ4v) is 2.60. The van der Waals surface area contributed by atoms with E-state index in [1.165, 1.54) is 6.92 Å². The van der Waals surface area contributed by atoms with E-state index in [9.17, 15) is 9.59 Å². The summed E-state index contributed by atoms with van der Waals surface area (Å²) in [6.45, 7) is 3.74. The highest BCUT2D eigenvalue weighted by molar-refractivity contribution is 5.93. The lowest BCUT2D eigenvalue weighted by molar-refractivity contribution is -0.114. The Morgan fingerprint density at radius 3 is 2.56 bits per heavy atom. The molecule has 0 unspecified atom stereocenters. The Morgan fingerprint density at radius 1 is 1.08 bits per heavy atom. The van der Waals surface area contributed by atoms with Crippen LogP contribution in [-0.2, 0) is 9.53 Å². The molecule has 1 fully saturated rings. The van der Waals surface area contributed by atoms with Gasteiger partial charge in [-0.2, -0.15) is 0 Å². The number of morpholine rings is 1. The minimum atomic E-state index is -0.126. The third-order valence-corrected chi connectivity index (χ3v) is 3.75. The van der Waals surface area contributed by atoms with E-state index in [-0.39, 0.29) is 11.8 Å². The number of ether oxygens (including phenoxy) is 1. The van der Waals surface area contributed by atoms with E-state index < -0.39 is 0 Å². The zero-order valence-corrected chi connectivity index (χ0v) is 14.0. The summed E-state index contributed by atoms with van der Waals surface area (Å²) in [7, 11) is 0. The molecule has 2 amide bonds. The van der Waals surface area contributed by atoms with Gasteiger partial charge < -0.3 is 20.3 Å². The summed E-state index contributed by atoms with van der Waals surface area (Å²) in [4.78, 5) is 29.6. The zero-order valence-electron chi connectivity index (χ0n) is 14.0. The van der Waals surface area contributed by atoms with Crippen LogP contribution >= 0.6 is 0 Å². The van der Waals surface area contributed by atoms with E-state index in [2.05, 4.69) is 15.6 Å². The lowest BCUT2D eigenvalue weighted by atomic mass is 10.2. The molecule has 0 aliphatic carbocycles. The second kappa shape index (κ2) is 7.76. The third-order valence-electron chi connectivity index (χ3n) is 3.75. The molecule has 1 aliphatic heterocycles. The molecule has 25 heavy (non-hydrogen) atoms. The topological polar surface area (TPSA) is 83.6 Å². The lowest BCUT2D eigenvalue weighted by Gasteiger charge is -2.26. The van der Waals surface area contributed by atoms with Crippen molar-refractivity contribution in [3.63, 3.8) is 0 Å². The van der Waals surface area contributed by atoms with Crippen LogP contribution in [0, 0.1) is 0 Å². The van der Waals surface area contributed by atoms with E-state index in [0.29, 0.717) is 37.7 Å². The van der Waals surface area contributed by atoms with Gasteiger partial charge in [-0.15, -0.1) is 0 Å². The van der Waals surface area contributed by atoms with Crippen LogP contribution in [0.25, 0.3) is 0 Å². The summed E-state index contributed by atoms with van der Waals surface area (Å²) in [5, 5.41) is 5.97. The number of pyridine rings is 1. The molecule has 1 aliphatic rings. The lowest BCUT2D eigenvalue weighted by Crippen LogP contribution is -2.41. The van der Waals surface area contributed by atoms with Gasteiger partial charge in [-0.05, 0) is 30.3 Å². The van der Waals surface area contributed by atoms with Crippen LogP contribution in [-0.4, -0.2) is 48.0 Å². The van der Waals surface area contributed by atoms with Gasteiger partial charge in [0, 0.05) is 43.3 Å². The summed E-state index contributed by atoms with van der Waals surface area (Å²) >= 11 is 0. The van der Waals surface area contributed by atoms with Gasteiger partial charge in [-0.25, -0.2) is 0 Å². The van der Waals surface area contributed by atoms with Gasteiger partial charge >= 0.3 is 0 Å². The molecule has 0 saturated carbocycles. The third kappa shape index (κ3) is 4.54. The Labute approximate surface area is 146 Å². The van der Waals surface area contributed by atoms with Gasteiger partial charge in [0.05, 0.1) is 13.2 Å². The monoisotopic (exact) mass is 340 g/mol. The van der Waals surface area contributed by atoms with Gasteiger partial charge in [0.15, 0.2) is 0 Å². The first-order valence-corrected chi connectivity index (χ1v) is 8.09. The molecule has 0 spiro atoms. The Morgan fingerprint density at radius 2 is 1.80 bits per heavy atom. The Kier molecular flexibility index (Phi) is 5.25. The molecule has 7 nitrogen and oxygen atoms in total. The quantitative estimate of drug-likeness (QED) is 0.892. The number of amides is 2. The molecule has 1 aromatic heterocycles. The highest BCUT2D eigenvalue weighted by atomic mass is 16.5. The molecular weight excluding hydrogens is 320 g/mol. The first-order chi connectivity index (χ1) is 12.1. The molecule has 2 heterocycles. The average Bonchev–Trinajstić information content (AvgIpc) is 2.62. The first kappa shape index (κ1) is 16.9. The predicted octanol–water partition coefficient (Wildman–Crippen LogP) is 2.26. The maximum Gasteiger partial charge on any atom is 0.272 e. The van der Waals surface area contributed by atoms with E-state index in [1.54, 1.807) is 23.2 Å². The maximum atomic E-state index is 12.5. The molecule has 2 aromatic rings. The molecule has 2 N–H and O–H groups in total. The standard InChI is InChI=1S/C18H20N4O3/c1-13(23)20-14-3-2-4-15(11-14)21-16-5-6-19-17(12-16)18(24)22-7-9-25-10-8-22/h2-6,11-12H,7-10H2,1H3,(H,19,21)(H,20,23). The van der Waals surface area contributed by atoms with Gasteiger partial charge in [-0.1, -0.05) is 6.07 Å². The van der Waals surface area contributed by atoms with E-state index in [4.69, 9.17) is 4.74 Å². The van der Waals surface area contributed by atoms with Crippen molar-refractivity contribution in [1.29, 1.82) is 0 Å². The van der Waals surface area contributed by atoms with Crippen molar-refractivity contribution < 1.29 is 14.3 Å². The highest BCUT2D eigenvalue weighted by Gasteiger charge is 2.19. The molecule has 1 aromatic carbocycles. The van der Waals surface area contributed by atoms with E-state index in [0.717, 1.165) is 11.4 Å². The Balaban J connectivity index is 1.73. The fraction of sp³-hybridized carbons (Fsp3) is 0.278. The van der Waals surface area contributed by atoms with E-state index >= 15 is 0 Å². The summed E-state index contributed by atoms with van der Waals surface area (Å²) in [5.41, 5.74) is 2.66. The number of nitrogens with zero attached hydrogens (tertiary/aromatic N) is 2. The number of carbonyl (C=O) groups excluding carboxylic acids is 2. The number of aromatic nitrogens is 1. The largest absolute Gasteiger partial charge is 0.378 e. The highest BCUT2D eigenvalue weighted by Crippen LogP contribution is 2.21. The minimum Gasteiger partial charge on any atom is -0.378 e. The van der Waals surface area contributed by atoms with Crippen LogP contribution < -0.4 is 10.6 Å². The summed E-state index contributed by atoms with van der Waals surface area (Å²) in [6.07, 6.45) is 1.60. The van der Waals surface area contributed by atoms with Crippen LogP contribution in [0.5, 0.6) is 0 Å².